The quantitative estimate of drug-likeness (QED) is 0.797. The lowest BCUT2D eigenvalue weighted by Gasteiger charge is -2.21. The standard InChI is InChI=1S/C15H17N5O/c1-16-13-10-20-9-8-17-14(20)15(18-13)19(2)11-6-4-5-7-12(11)21-3/h4-10,16H,1-3H3. The van der Waals surface area contributed by atoms with Crippen LogP contribution in [0.2, 0.25) is 0 Å². The third-order valence-electron chi connectivity index (χ3n) is 3.38. The Bertz CT molecular complexity index is 768. The maximum atomic E-state index is 5.43. The molecule has 1 N–H and O–H groups in total. The summed E-state index contributed by atoms with van der Waals surface area (Å²) >= 11 is 0. The molecule has 0 amide bonds. The van der Waals surface area contributed by atoms with Gasteiger partial charge in [0, 0.05) is 26.5 Å². The number of nitrogens with zero attached hydrogens (tertiary/aromatic N) is 4. The van der Waals surface area contributed by atoms with Crippen LogP contribution in [0.4, 0.5) is 17.3 Å². The summed E-state index contributed by atoms with van der Waals surface area (Å²) in [6, 6.07) is 7.83. The largest absolute Gasteiger partial charge is 0.495 e. The van der Waals surface area contributed by atoms with E-state index in [1.54, 1.807) is 13.3 Å². The average Bonchev–Trinajstić information content (AvgIpc) is 3.01. The highest BCUT2D eigenvalue weighted by Crippen LogP contribution is 2.33. The SMILES string of the molecule is CNc1cn2ccnc2c(N(C)c2ccccc2OC)n1. The third-order valence-corrected chi connectivity index (χ3v) is 3.38. The Morgan fingerprint density at radius 3 is 2.86 bits per heavy atom. The van der Waals surface area contributed by atoms with Crippen LogP contribution in [-0.2, 0) is 0 Å². The lowest BCUT2D eigenvalue weighted by molar-refractivity contribution is 0.415. The molecule has 6 nitrogen and oxygen atoms in total. The van der Waals surface area contributed by atoms with Crippen molar-refractivity contribution in [1.82, 2.24) is 14.4 Å². The predicted octanol–water partition coefficient (Wildman–Crippen LogP) is 2.55. The molecule has 0 radical (unpaired) electrons. The predicted molar refractivity (Wildman–Crippen MR) is 83.6 cm³/mol. The summed E-state index contributed by atoms with van der Waals surface area (Å²) in [4.78, 5) is 11.0. The van der Waals surface area contributed by atoms with Crippen molar-refractivity contribution in [3.8, 4) is 5.75 Å². The molecular formula is C15H17N5O. The van der Waals surface area contributed by atoms with Crippen molar-refractivity contribution in [2.45, 2.75) is 0 Å². The van der Waals surface area contributed by atoms with Gasteiger partial charge in [0.25, 0.3) is 0 Å². The van der Waals surface area contributed by atoms with Crippen molar-refractivity contribution in [2.24, 2.45) is 0 Å². The summed E-state index contributed by atoms with van der Waals surface area (Å²) in [6.45, 7) is 0. The number of para-hydroxylation sites is 2. The second-order valence-corrected chi connectivity index (χ2v) is 4.59. The average molecular weight is 283 g/mol. The maximum Gasteiger partial charge on any atom is 0.180 e. The summed E-state index contributed by atoms with van der Waals surface area (Å²) in [7, 11) is 5.46. The van der Waals surface area contributed by atoms with Crippen molar-refractivity contribution in [1.29, 1.82) is 0 Å². The second kappa shape index (κ2) is 5.32. The van der Waals surface area contributed by atoms with E-state index in [9.17, 15) is 0 Å². The molecule has 21 heavy (non-hydrogen) atoms. The fourth-order valence-corrected chi connectivity index (χ4v) is 2.28. The number of hydrogen-bond acceptors (Lipinski definition) is 5. The molecule has 0 aliphatic rings. The monoisotopic (exact) mass is 283 g/mol. The van der Waals surface area contributed by atoms with Gasteiger partial charge < -0.3 is 19.4 Å². The van der Waals surface area contributed by atoms with Crippen molar-refractivity contribution >= 4 is 23.0 Å². The second-order valence-electron chi connectivity index (χ2n) is 4.59. The number of imidazole rings is 1. The van der Waals surface area contributed by atoms with Crippen molar-refractivity contribution in [3.05, 3.63) is 42.9 Å². The van der Waals surface area contributed by atoms with E-state index >= 15 is 0 Å². The van der Waals surface area contributed by atoms with Gasteiger partial charge in [0.2, 0.25) is 0 Å². The third kappa shape index (κ3) is 2.24. The summed E-state index contributed by atoms with van der Waals surface area (Å²) in [5, 5.41) is 3.07. The number of fused-ring (bicyclic) bond motifs is 1. The summed E-state index contributed by atoms with van der Waals surface area (Å²) in [6.07, 6.45) is 5.56. The minimum absolute atomic E-state index is 0.761. The topological polar surface area (TPSA) is 54.7 Å². The van der Waals surface area contributed by atoms with Gasteiger partial charge >= 0.3 is 0 Å². The highest BCUT2D eigenvalue weighted by molar-refractivity contribution is 5.76. The molecule has 0 aliphatic heterocycles. The van der Waals surface area contributed by atoms with Gasteiger partial charge in [0.05, 0.1) is 19.0 Å². The van der Waals surface area contributed by atoms with Gasteiger partial charge in [-0.05, 0) is 12.1 Å². The highest BCUT2D eigenvalue weighted by Gasteiger charge is 2.16. The van der Waals surface area contributed by atoms with Crippen LogP contribution >= 0.6 is 0 Å². The molecule has 6 heteroatoms. The van der Waals surface area contributed by atoms with E-state index < -0.39 is 0 Å². The lowest BCUT2D eigenvalue weighted by Crippen LogP contribution is -2.14. The number of aromatic nitrogens is 3. The zero-order valence-corrected chi connectivity index (χ0v) is 12.2. The minimum Gasteiger partial charge on any atom is -0.495 e. The van der Waals surface area contributed by atoms with Crippen LogP contribution < -0.4 is 15.0 Å². The molecule has 0 unspecified atom stereocenters. The molecule has 0 spiro atoms. The Hall–Kier alpha value is -2.76. The van der Waals surface area contributed by atoms with Gasteiger partial charge in [-0.25, -0.2) is 9.97 Å². The molecule has 0 saturated heterocycles. The van der Waals surface area contributed by atoms with Crippen LogP contribution in [0.25, 0.3) is 5.65 Å². The molecule has 2 heterocycles. The molecule has 2 aromatic heterocycles. The molecule has 3 rings (SSSR count). The van der Waals surface area contributed by atoms with E-state index in [2.05, 4.69) is 15.3 Å². The molecule has 108 valence electrons. The fourth-order valence-electron chi connectivity index (χ4n) is 2.28. The molecular weight excluding hydrogens is 266 g/mol. The summed E-state index contributed by atoms with van der Waals surface area (Å²) in [5.74, 6) is 2.33. The van der Waals surface area contributed by atoms with Crippen LogP contribution in [0.1, 0.15) is 0 Å². The zero-order valence-electron chi connectivity index (χ0n) is 12.2. The van der Waals surface area contributed by atoms with Gasteiger partial charge in [0.15, 0.2) is 11.5 Å². The molecule has 0 aliphatic carbocycles. The van der Waals surface area contributed by atoms with Gasteiger partial charge in [-0.3, -0.25) is 0 Å². The number of ether oxygens (including phenoxy) is 1. The molecule has 0 fully saturated rings. The number of nitrogens with one attached hydrogen (secondary N) is 1. The number of rotatable bonds is 4. The molecule has 0 bridgehead atoms. The summed E-state index contributed by atoms with van der Waals surface area (Å²) < 4.78 is 7.37. The fraction of sp³-hybridized carbons (Fsp3) is 0.200. The Kier molecular flexibility index (Phi) is 3.35. The van der Waals surface area contributed by atoms with Crippen LogP contribution in [0.15, 0.2) is 42.9 Å². The van der Waals surface area contributed by atoms with Crippen LogP contribution in [0.5, 0.6) is 5.75 Å². The minimum atomic E-state index is 0.761. The van der Waals surface area contributed by atoms with E-state index in [-0.39, 0.29) is 0 Å². The van der Waals surface area contributed by atoms with Crippen molar-refractivity contribution in [2.75, 3.05) is 31.4 Å². The first-order valence-electron chi connectivity index (χ1n) is 6.63. The number of benzene rings is 1. The molecule has 3 aromatic rings. The smallest absolute Gasteiger partial charge is 0.180 e. The van der Waals surface area contributed by atoms with Crippen LogP contribution in [0, 0.1) is 0 Å². The van der Waals surface area contributed by atoms with Gasteiger partial charge in [0.1, 0.15) is 11.6 Å². The first-order chi connectivity index (χ1) is 10.2. The first kappa shape index (κ1) is 13.2. The number of anilines is 3. The number of hydrogen-bond donors (Lipinski definition) is 1. The molecule has 1 aromatic carbocycles. The maximum absolute atomic E-state index is 5.43. The van der Waals surface area contributed by atoms with E-state index in [0.717, 1.165) is 28.7 Å². The lowest BCUT2D eigenvalue weighted by atomic mass is 10.2. The van der Waals surface area contributed by atoms with Gasteiger partial charge in [-0.2, -0.15) is 0 Å². The Morgan fingerprint density at radius 1 is 1.29 bits per heavy atom. The first-order valence-corrected chi connectivity index (χ1v) is 6.63. The van der Waals surface area contributed by atoms with Crippen LogP contribution in [0.3, 0.4) is 0 Å². The Morgan fingerprint density at radius 2 is 2.10 bits per heavy atom. The van der Waals surface area contributed by atoms with E-state index in [4.69, 9.17) is 4.74 Å². The van der Waals surface area contributed by atoms with E-state index in [1.165, 1.54) is 0 Å². The Balaban J connectivity index is 2.16. The van der Waals surface area contributed by atoms with Crippen molar-refractivity contribution in [3.63, 3.8) is 0 Å². The molecule has 0 saturated carbocycles. The van der Waals surface area contributed by atoms with Crippen LogP contribution in [-0.4, -0.2) is 35.6 Å². The summed E-state index contributed by atoms with van der Waals surface area (Å²) in [5.41, 5.74) is 1.73. The molecule has 0 atom stereocenters. The van der Waals surface area contributed by atoms with Gasteiger partial charge in [-0.1, -0.05) is 12.1 Å². The van der Waals surface area contributed by atoms with Gasteiger partial charge in [-0.15, -0.1) is 0 Å². The van der Waals surface area contributed by atoms with E-state index in [0.29, 0.717) is 0 Å². The van der Waals surface area contributed by atoms with E-state index in [1.807, 2.05) is 60.1 Å². The highest BCUT2D eigenvalue weighted by atomic mass is 16.5. The Labute approximate surface area is 123 Å². The number of methoxy groups -OCH3 is 1. The zero-order chi connectivity index (χ0) is 14.8. The van der Waals surface area contributed by atoms with Crippen molar-refractivity contribution < 1.29 is 4.74 Å². The normalized spacial score (nSPS) is 10.6.